The maximum atomic E-state index is 13.1. The zero-order valence-electron chi connectivity index (χ0n) is 17.3. The van der Waals surface area contributed by atoms with Crippen molar-refractivity contribution in [3.05, 3.63) is 94.0 Å². The minimum atomic E-state index is -0.0710. The van der Waals surface area contributed by atoms with E-state index in [0.29, 0.717) is 49.2 Å². The molecule has 4 rings (SSSR count). The topological polar surface area (TPSA) is 48.0 Å². The molecule has 0 atom stereocenters. The number of nitrogens with zero attached hydrogens (tertiary/aromatic N) is 1. The van der Waals surface area contributed by atoms with E-state index in [1.807, 2.05) is 54.6 Å². The van der Waals surface area contributed by atoms with Gasteiger partial charge < -0.3 is 19.1 Å². The van der Waals surface area contributed by atoms with Gasteiger partial charge >= 0.3 is 0 Å². The van der Waals surface area contributed by atoms with Crippen LogP contribution >= 0.6 is 11.6 Å². The van der Waals surface area contributed by atoms with Crippen LogP contribution in [0.2, 0.25) is 5.02 Å². The normalized spacial score (nSPS) is 13.2. The standard InChI is InChI=1S/C25H24ClNO4/c1-29-24-5-3-2-4-22(24)25(28)27-12-13-31-23-11-8-19(14-20(23)15-27)17-30-16-18-6-9-21(26)10-7-18/h2-11,14H,12-13,15-17H2,1H3. The number of hydrogen-bond acceptors (Lipinski definition) is 4. The third kappa shape index (κ3) is 5.19. The first kappa shape index (κ1) is 21.2. The van der Waals surface area contributed by atoms with Crippen molar-refractivity contribution < 1.29 is 19.0 Å². The molecule has 1 aliphatic rings. The number of methoxy groups -OCH3 is 1. The molecule has 0 fully saturated rings. The van der Waals surface area contributed by atoms with E-state index in [-0.39, 0.29) is 5.91 Å². The van der Waals surface area contributed by atoms with Gasteiger partial charge in [0.1, 0.15) is 18.1 Å². The lowest BCUT2D eigenvalue weighted by atomic mass is 10.1. The van der Waals surface area contributed by atoms with E-state index in [1.54, 1.807) is 24.1 Å². The predicted octanol–water partition coefficient (Wildman–Crippen LogP) is 5.10. The third-order valence-electron chi connectivity index (χ3n) is 5.18. The molecule has 0 saturated heterocycles. The third-order valence-corrected chi connectivity index (χ3v) is 5.43. The highest BCUT2D eigenvalue weighted by molar-refractivity contribution is 6.30. The molecule has 0 aliphatic carbocycles. The van der Waals surface area contributed by atoms with Crippen LogP contribution in [0.15, 0.2) is 66.7 Å². The number of hydrogen-bond donors (Lipinski definition) is 0. The summed E-state index contributed by atoms with van der Waals surface area (Å²) in [4.78, 5) is 14.9. The fourth-order valence-corrected chi connectivity index (χ4v) is 3.70. The van der Waals surface area contributed by atoms with Crippen LogP contribution < -0.4 is 9.47 Å². The van der Waals surface area contributed by atoms with E-state index in [0.717, 1.165) is 22.4 Å². The number of para-hydroxylation sites is 1. The van der Waals surface area contributed by atoms with Crippen LogP contribution in [0.4, 0.5) is 0 Å². The van der Waals surface area contributed by atoms with Crippen molar-refractivity contribution in [2.24, 2.45) is 0 Å². The summed E-state index contributed by atoms with van der Waals surface area (Å²) >= 11 is 5.92. The number of amides is 1. The average Bonchev–Trinajstić information content (AvgIpc) is 3.02. The first-order valence-electron chi connectivity index (χ1n) is 10.1. The summed E-state index contributed by atoms with van der Waals surface area (Å²) in [7, 11) is 1.57. The van der Waals surface area contributed by atoms with E-state index in [2.05, 4.69) is 0 Å². The molecule has 1 aliphatic heterocycles. The summed E-state index contributed by atoms with van der Waals surface area (Å²) in [5.41, 5.74) is 3.61. The van der Waals surface area contributed by atoms with Crippen molar-refractivity contribution in [2.45, 2.75) is 19.8 Å². The van der Waals surface area contributed by atoms with Crippen molar-refractivity contribution in [1.29, 1.82) is 0 Å². The van der Waals surface area contributed by atoms with Crippen molar-refractivity contribution in [1.82, 2.24) is 4.90 Å². The van der Waals surface area contributed by atoms with Crippen molar-refractivity contribution >= 4 is 17.5 Å². The number of fused-ring (bicyclic) bond motifs is 1. The molecule has 0 N–H and O–H groups in total. The fourth-order valence-electron chi connectivity index (χ4n) is 3.57. The van der Waals surface area contributed by atoms with Crippen molar-refractivity contribution in [3.8, 4) is 11.5 Å². The summed E-state index contributed by atoms with van der Waals surface area (Å²) < 4.78 is 17.1. The molecule has 5 nitrogen and oxygen atoms in total. The van der Waals surface area contributed by atoms with Gasteiger partial charge in [-0.15, -0.1) is 0 Å². The average molecular weight is 438 g/mol. The van der Waals surface area contributed by atoms with E-state index < -0.39 is 0 Å². The highest BCUT2D eigenvalue weighted by atomic mass is 35.5. The monoisotopic (exact) mass is 437 g/mol. The fraction of sp³-hybridized carbons (Fsp3) is 0.240. The first-order valence-corrected chi connectivity index (χ1v) is 10.5. The quantitative estimate of drug-likeness (QED) is 0.538. The van der Waals surface area contributed by atoms with Crippen LogP contribution in [0.5, 0.6) is 11.5 Å². The number of halogens is 1. The molecule has 0 spiro atoms. The van der Waals surface area contributed by atoms with Gasteiger partial charge in [-0.3, -0.25) is 4.79 Å². The molecule has 3 aromatic carbocycles. The van der Waals surface area contributed by atoms with Crippen LogP contribution in [0, 0.1) is 0 Å². The van der Waals surface area contributed by atoms with Gasteiger partial charge in [0.25, 0.3) is 5.91 Å². The van der Waals surface area contributed by atoms with E-state index >= 15 is 0 Å². The van der Waals surface area contributed by atoms with Gasteiger partial charge in [0.2, 0.25) is 0 Å². The Kier molecular flexibility index (Phi) is 6.75. The molecule has 0 bridgehead atoms. The van der Waals surface area contributed by atoms with Crippen LogP contribution in [-0.4, -0.2) is 31.1 Å². The summed E-state index contributed by atoms with van der Waals surface area (Å²) in [6.45, 7) is 2.39. The Morgan fingerprint density at radius 3 is 2.58 bits per heavy atom. The second-order valence-electron chi connectivity index (χ2n) is 7.34. The minimum Gasteiger partial charge on any atom is -0.496 e. The number of carbonyl (C=O) groups is 1. The van der Waals surface area contributed by atoms with Gasteiger partial charge in [0.05, 0.1) is 32.4 Å². The SMILES string of the molecule is COc1ccccc1C(=O)N1CCOc2ccc(COCc3ccc(Cl)cc3)cc2C1. The highest BCUT2D eigenvalue weighted by Gasteiger charge is 2.23. The molecule has 0 radical (unpaired) electrons. The molecule has 6 heteroatoms. The number of rotatable bonds is 6. The Bertz CT molecular complexity index is 1050. The Labute approximate surface area is 187 Å². The van der Waals surface area contributed by atoms with Crippen LogP contribution in [0.3, 0.4) is 0 Å². The lowest BCUT2D eigenvalue weighted by Crippen LogP contribution is -2.32. The van der Waals surface area contributed by atoms with Gasteiger partial charge in [-0.2, -0.15) is 0 Å². The summed E-state index contributed by atoms with van der Waals surface area (Å²) in [6, 6.07) is 20.9. The Morgan fingerprint density at radius 2 is 1.77 bits per heavy atom. The lowest BCUT2D eigenvalue weighted by Gasteiger charge is -2.21. The van der Waals surface area contributed by atoms with Gasteiger partial charge in [0, 0.05) is 17.1 Å². The molecule has 0 saturated carbocycles. The molecule has 1 amide bonds. The van der Waals surface area contributed by atoms with Gasteiger partial charge in [-0.05, 0) is 47.5 Å². The Morgan fingerprint density at radius 1 is 1.03 bits per heavy atom. The Hall–Kier alpha value is -3.02. The second kappa shape index (κ2) is 9.86. The number of ether oxygens (including phenoxy) is 3. The zero-order valence-corrected chi connectivity index (χ0v) is 18.1. The van der Waals surface area contributed by atoms with Crippen molar-refractivity contribution in [2.75, 3.05) is 20.3 Å². The molecule has 0 unspecified atom stereocenters. The van der Waals surface area contributed by atoms with Gasteiger partial charge in [-0.1, -0.05) is 41.9 Å². The smallest absolute Gasteiger partial charge is 0.258 e. The lowest BCUT2D eigenvalue weighted by molar-refractivity contribution is 0.0729. The van der Waals surface area contributed by atoms with Crippen molar-refractivity contribution in [3.63, 3.8) is 0 Å². The summed E-state index contributed by atoms with van der Waals surface area (Å²) in [5, 5.41) is 0.710. The van der Waals surface area contributed by atoms with Crippen LogP contribution in [0.25, 0.3) is 0 Å². The van der Waals surface area contributed by atoms with E-state index in [4.69, 9.17) is 25.8 Å². The largest absolute Gasteiger partial charge is 0.496 e. The highest BCUT2D eigenvalue weighted by Crippen LogP contribution is 2.27. The molecular formula is C25H24ClNO4. The molecule has 1 heterocycles. The molecular weight excluding hydrogens is 414 g/mol. The maximum Gasteiger partial charge on any atom is 0.258 e. The van der Waals surface area contributed by atoms with Crippen LogP contribution in [0.1, 0.15) is 27.0 Å². The Balaban J connectivity index is 1.45. The molecule has 3 aromatic rings. The minimum absolute atomic E-state index is 0.0710. The van der Waals surface area contributed by atoms with Crippen LogP contribution in [-0.2, 0) is 24.5 Å². The molecule has 0 aromatic heterocycles. The molecule has 160 valence electrons. The summed E-state index contributed by atoms with van der Waals surface area (Å²) in [5.74, 6) is 1.30. The maximum absolute atomic E-state index is 13.1. The summed E-state index contributed by atoms with van der Waals surface area (Å²) in [6.07, 6.45) is 0. The van der Waals surface area contributed by atoms with E-state index in [9.17, 15) is 4.79 Å². The number of carbonyl (C=O) groups excluding carboxylic acids is 1. The predicted molar refractivity (Wildman–Crippen MR) is 120 cm³/mol. The van der Waals surface area contributed by atoms with Gasteiger partial charge in [-0.25, -0.2) is 0 Å². The zero-order chi connectivity index (χ0) is 21.6. The van der Waals surface area contributed by atoms with E-state index in [1.165, 1.54) is 0 Å². The molecule has 31 heavy (non-hydrogen) atoms. The number of benzene rings is 3. The second-order valence-corrected chi connectivity index (χ2v) is 7.77. The van der Waals surface area contributed by atoms with Gasteiger partial charge in [0.15, 0.2) is 0 Å². The first-order chi connectivity index (χ1) is 15.1.